The van der Waals surface area contributed by atoms with Gasteiger partial charge in [-0.15, -0.1) is 0 Å². The van der Waals surface area contributed by atoms with E-state index in [9.17, 15) is 9.59 Å². The Labute approximate surface area is 209 Å². The Kier molecular flexibility index (Phi) is 7.86. The van der Waals surface area contributed by atoms with Gasteiger partial charge in [0.25, 0.3) is 0 Å². The van der Waals surface area contributed by atoms with E-state index < -0.39 is 5.97 Å². The van der Waals surface area contributed by atoms with Crippen molar-refractivity contribution in [3.8, 4) is 11.1 Å². The van der Waals surface area contributed by atoms with Crippen molar-refractivity contribution in [3.63, 3.8) is 0 Å². The molecule has 0 saturated carbocycles. The molecule has 186 valence electrons. The van der Waals surface area contributed by atoms with Crippen LogP contribution in [0, 0.1) is 0 Å². The topological polar surface area (TPSA) is 129 Å². The summed E-state index contributed by atoms with van der Waals surface area (Å²) in [5.41, 5.74) is 9.11. The lowest BCUT2D eigenvalue weighted by Crippen LogP contribution is -2.47. The summed E-state index contributed by atoms with van der Waals surface area (Å²) in [5, 5.41) is 8.74. The maximum Gasteiger partial charge on any atom is 0.328 e. The monoisotopic (exact) mass is 487 g/mol. The van der Waals surface area contributed by atoms with E-state index in [0.29, 0.717) is 12.5 Å². The van der Waals surface area contributed by atoms with E-state index in [-0.39, 0.29) is 12.5 Å². The fourth-order valence-electron chi connectivity index (χ4n) is 3.99. The summed E-state index contributed by atoms with van der Waals surface area (Å²) in [6, 6.07) is 11.7. The number of hydrogen-bond acceptors (Lipinski definition) is 8. The Balaban J connectivity index is 1.35. The average molecular weight is 488 g/mol. The first-order valence-corrected chi connectivity index (χ1v) is 11.7. The fourth-order valence-corrected chi connectivity index (χ4v) is 3.99. The number of carbonyl (C=O) groups excluding carboxylic acids is 1. The largest absolute Gasteiger partial charge is 0.478 e. The Bertz CT molecular complexity index is 1220. The normalized spacial score (nSPS) is 13.7. The van der Waals surface area contributed by atoms with Gasteiger partial charge in [0.2, 0.25) is 11.9 Å². The number of nitrogens with two attached hydrogens (primary N) is 1. The molecule has 3 heterocycles. The molecule has 0 atom stereocenters. The minimum absolute atomic E-state index is 0.00522. The molecule has 0 unspecified atom stereocenters. The number of carbonyl (C=O) groups is 2. The van der Waals surface area contributed by atoms with Crippen molar-refractivity contribution in [1.29, 1.82) is 0 Å². The van der Waals surface area contributed by atoms with Crippen LogP contribution in [0.4, 0.5) is 11.8 Å². The van der Waals surface area contributed by atoms with Crippen molar-refractivity contribution in [3.05, 3.63) is 72.2 Å². The number of piperazine rings is 1. The second-order valence-electron chi connectivity index (χ2n) is 8.52. The highest BCUT2D eigenvalue weighted by molar-refractivity contribution is 5.85. The first-order valence-electron chi connectivity index (χ1n) is 11.7. The lowest BCUT2D eigenvalue weighted by molar-refractivity contribution is -0.131. The standard InChI is InChI=1S/C26H29N7O3/c1-31(24(34)14-27)18-20-3-2-4-21(13-20)22-16-29-26(30-17-22)33-11-9-32(10-12-33)23-7-5-19(15-28-23)6-8-25(35)36/h2-8,13,15-17H,9-12,14,18,27H2,1H3,(H,35,36). The number of benzene rings is 1. The van der Waals surface area contributed by atoms with Crippen LogP contribution in [0.15, 0.2) is 61.1 Å². The van der Waals surface area contributed by atoms with Crippen LogP contribution in [0.3, 0.4) is 0 Å². The molecule has 3 N–H and O–H groups in total. The number of carboxylic acid groups (broad SMARTS) is 1. The van der Waals surface area contributed by atoms with Crippen LogP contribution in [0.2, 0.25) is 0 Å². The van der Waals surface area contributed by atoms with Crippen LogP contribution in [0.1, 0.15) is 11.1 Å². The van der Waals surface area contributed by atoms with E-state index in [0.717, 1.165) is 60.3 Å². The van der Waals surface area contributed by atoms with E-state index >= 15 is 0 Å². The second kappa shape index (κ2) is 11.4. The molecule has 10 nitrogen and oxygen atoms in total. The number of likely N-dealkylation sites (N-methyl/N-ethyl adjacent to an activating group) is 1. The van der Waals surface area contributed by atoms with Crippen LogP contribution >= 0.6 is 0 Å². The minimum Gasteiger partial charge on any atom is -0.478 e. The molecular formula is C26H29N7O3. The van der Waals surface area contributed by atoms with Gasteiger partial charge in [-0.3, -0.25) is 4.79 Å². The zero-order valence-electron chi connectivity index (χ0n) is 20.1. The van der Waals surface area contributed by atoms with Gasteiger partial charge in [0, 0.05) is 70.0 Å². The quantitative estimate of drug-likeness (QED) is 0.458. The molecule has 3 aromatic rings. The number of aliphatic carboxylic acids is 1. The number of rotatable bonds is 8. The molecule has 36 heavy (non-hydrogen) atoms. The fraction of sp³-hybridized carbons (Fsp3) is 0.269. The van der Waals surface area contributed by atoms with Gasteiger partial charge in [-0.05, 0) is 41.0 Å². The lowest BCUT2D eigenvalue weighted by atomic mass is 10.1. The number of pyridine rings is 1. The molecular weight excluding hydrogens is 458 g/mol. The number of aromatic nitrogens is 3. The molecule has 1 fully saturated rings. The number of nitrogens with zero attached hydrogens (tertiary/aromatic N) is 6. The third-order valence-electron chi connectivity index (χ3n) is 5.99. The predicted molar refractivity (Wildman–Crippen MR) is 138 cm³/mol. The Hall–Kier alpha value is -4.31. The van der Waals surface area contributed by atoms with Gasteiger partial charge in [0.05, 0.1) is 6.54 Å². The summed E-state index contributed by atoms with van der Waals surface area (Å²) in [7, 11) is 1.74. The van der Waals surface area contributed by atoms with E-state index in [4.69, 9.17) is 10.8 Å². The first kappa shape index (κ1) is 24.8. The molecule has 1 aliphatic heterocycles. The maximum absolute atomic E-state index is 11.8. The van der Waals surface area contributed by atoms with E-state index in [1.807, 2.05) is 48.8 Å². The molecule has 2 aromatic heterocycles. The number of carboxylic acids is 1. The molecule has 10 heteroatoms. The molecule has 0 aliphatic carbocycles. The van der Waals surface area contributed by atoms with Crippen LogP contribution in [0.5, 0.6) is 0 Å². The summed E-state index contributed by atoms with van der Waals surface area (Å²) >= 11 is 0. The molecule has 0 radical (unpaired) electrons. The van der Waals surface area contributed by atoms with Gasteiger partial charge in [0.15, 0.2) is 0 Å². The Morgan fingerprint density at radius 2 is 1.72 bits per heavy atom. The van der Waals surface area contributed by atoms with Gasteiger partial charge in [-0.1, -0.05) is 18.2 Å². The van der Waals surface area contributed by atoms with Gasteiger partial charge in [0.1, 0.15) is 5.82 Å². The molecule has 4 rings (SSSR count). The van der Waals surface area contributed by atoms with Gasteiger partial charge in [-0.2, -0.15) is 0 Å². The van der Waals surface area contributed by atoms with Crippen molar-refractivity contribution < 1.29 is 14.7 Å². The second-order valence-corrected chi connectivity index (χ2v) is 8.52. The third kappa shape index (κ3) is 6.22. The van der Waals surface area contributed by atoms with Crippen molar-refractivity contribution in [2.24, 2.45) is 5.73 Å². The third-order valence-corrected chi connectivity index (χ3v) is 5.99. The van der Waals surface area contributed by atoms with Gasteiger partial charge >= 0.3 is 5.97 Å². The van der Waals surface area contributed by atoms with Crippen molar-refractivity contribution in [2.75, 3.05) is 49.6 Å². The van der Waals surface area contributed by atoms with Crippen molar-refractivity contribution >= 4 is 29.7 Å². The smallest absolute Gasteiger partial charge is 0.328 e. The molecule has 1 saturated heterocycles. The van der Waals surface area contributed by atoms with E-state index in [1.54, 1.807) is 18.1 Å². The molecule has 1 amide bonds. The zero-order chi connectivity index (χ0) is 25.5. The molecule has 1 aromatic carbocycles. The summed E-state index contributed by atoms with van der Waals surface area (Å²) in [6.07, 6.45) is 7.95. The highest BCUT2D eigenvalue weighted by Gasteiger charge is 2.20. The van der Waals surface area contributed by atoms with Crippen LogP contribution in [-0.4, -0.2) is 76.6 Å². The SMILES string of the molecule is CN(Cc1cccc(-c2cnc(N3CCN(c4ccc(C=CC(=O)O)cn4)CC3)nc2)c1)C(=O)CN. The van der Waals surface area contributed by atoms with Crippen molar-refractivity contribution in [2.45, 2.75) is 6.54 Å². The van der Waals surface area contributed by atoms with Gasteiger partial charge in [-0.25, -0.2) is 19.7 Å². The molecule has 1 aliphatic rings. The number of hydrogen-bond donors (Lipinski definition) is 2. The van der Waals surface area contributed by atoms with E-state index in [1.165, 1.54) is 6.08 Å². The Morgan fingerprint density at radius 1 is 1.00 bits per heavy atom. The maximum atomic E-state index is 11.8. The zero-order valence-corrected chi connectivity index (χ0v) is 20.1. The van der Waals surface area contributed by atoms with Crippen molar-refractivity contribution in [1.82, 2.24) is 19.9 Å². The average Bonchev–Trinajstić information content (AvgIpc) is 2.92. The number of anilines is 2. The summed E-state index contributed by atoms with van der Waals surface area (Å²) in [5.74, 6) is 0.457. The highest BCUT2D eigenvalue weighted by Crippen LogP contribution is 2.22. The summed E-state index contributed by atoms with van der Waals surface area (Å²) in [6.45, 7) is 3.56. The van der Waals surface area contributed by atoms with Crippen LogP contribution in [-0.2, 0) is 16.1 Å². The molecule has 0 spiro atoms. The lowest BCUT2D eigenvalue weighted by Gasteiger charge is -2.35. The van der Waals surface area contributed by atoms with Crippen LogP contribution in [0.25, 0.3) is 17.2 Å². The first-order chi connectivity index (χ1) is 17.4. The minimum atomic E-state index is -0.984. The van der Waals surface area contributed by atoms with Gasteiger partial charge < -0.3 is 25.5 Å². The summed E-state index contributed by atoms with van der Waals surface area (Å²) in [4.78, 5) is 42.0. The van der Waals surface area contributed by atoms with Crippen LogP contribution < -0.4 is 15.5 Å². The van der Waals surface area contributed by atoms with E-state index in [2.05, 4.69) is 24.8 Å². The molecule has 0 bridgehead atoms. The predicted octanol–water partition coefficient (Wildman–Crippen LogP) is 1.88. The Morgan fingerprint density at radius 3 is 2.36 bits per heavy atom. The summed E-state index contributed by atoms with van der Waals surface area (Å²) < 4.78 is 0. The number of amides is 1. The highest BCUT2D eigenvalue weighted by atomic mass is 16.4.